The molecule has 0 unspecified atom stereocenters. The van der Waals surface area contributed by atoms with E-state index in [1.807, 2.05) is 23.9 Å². The van der Waals surface area contributed by atoms with Gasteiger partial charge in [-0.1, -0.05) is 0 Å². The van der Waals surface area contributed by atoms with Crippen LogP contribution in [-0.2, 0) is 0 Å². The van der Waals surface area contributed by atoms with E-state index in [4.69, 9.17) is 5.26 Å². The van der Waals surface area contributed by atoms with Gasteiger partial charge in [-0.15, -0.1) is 0 Å². The summed E-state index contributed by atoms with van der Waals surface area (Å²) in [5, 5.41) is 8.65. The van der Waals surface area contributed by atoms with Crippen molar-refractivity contribution >= 4 is 11.8 Å². The fourth-order valence-corrected chi connectivity index (χ4v) is 2.81. The van der Waals surface area contributed by atoms with E-state index in [1.54, 1.807) is 6.20 Å². The lowest BCUT2D eigenvalue weighted by atomic mass is 9.98. The first kappa shape index (κ1) is 9.54. The van der Waals surface area contributed by atoms with Gasteiger partial charge in [-0.3, -0.25) is 4.98 Å². The monoisotopic (exact) mass is 204 g/mol. The Bertz CT molecular complexity index is 333. The van der Waals surface area contributed by atoms with Crippen LogP contribution in [0.5, 0.6) is 0 Å². The molecule has 0 radical (unpaired) electrons. The maximum Gasteiger partial charge on any atom is 0.101 e. The molecular formula is C11H12N2S. The third kappa shape index (κ3) is 2.08. The summed E-state index contributed by atoms with van der Waals surface area (Å²) in [5.41, 5.74) is 1.81. The molecule has 0 aromatic carbocycles. The molecule has 0 spiro atoms. The lowest BCUT2D eigenvalue weighted by Crippen LogP contribution is -2.09. The highest BCUT2D eigenvalue weighted by Gasteiger charge is 2.16. The first-order valence-corrected chi connectivity index (χ1v) is 5.99. The van der Waals surface area contributed by atoms with Gasteiger partial charge in [0.2, 0.25) is 0 Å². The number of aromatic nitrogens is 1. The zero-order chi connectivity index (χ0) is 9.80. The maximum atomic E-state index is 8.65. The molecule has 1 aliphatic heterocycles. The van der Waals surface area contributed by atoms with Crippen molar-refractivity contribution in [2.24, 2.45) is 0 Å². The van der Waals surface area contributed by atoms with Crippen molar-refractivity contribution in [2.75, 3.05) is 11.5 Å². The van der Waals surface area contributed by atoms with Gasteiger partial charge in [0.05, 0.1) is 5.56 Å². The van der Waals surface area contributed by atoms with Gasteiger partial charge in [-0.05, 0) is 36.5 Å². The van der Waals surface area contributed by atoms with Gasteiger partial charge in [0.25, 0.3) is 0 Å². The van der Waals surface area contributed by atoms with Crippen molar-refractivity contribution in [2.45, 2.75) is 18.8 Å². The van der Waals surface area contributed by atoms with Crippen LogP contribution in [0, 0.1) is 11.3 Å². The lowest BCUT2D eigenvalue weighted by molar-refractivity contribution is 0.619. The van der Waals surface area contributed by atoms with Gasteiger partial charge < -0.3 is 0 Å². The van der Waals surface area contributed by atoms with E-state index in [9.17, 15) is 0 Å². The summed E-state index contributed by atoms with van der Waals surface area (Å²) in [5.74, 6) is 3.10. The predicted octanol–water partition coefficient (Wildman–Crippen LogP) is 2.56. The third-order valence-electron chi connectivity index (χ3n) is 2.56. The molecule has 0 atom stereocenters. The summed E-state index contributed by atoms with van der Waals surface area (Å²) in [4.78, 5) is 4.34. The van der Waals surface area contributed by atoms with Crippen LogP contribution in [0.15, 0.2) is 18.3 Å². The van der Waals surface area contributed by atoms with Crippen molar-refractivity contribution in [1.29, 1.82) is 5.26 Å². The summed E-state index contributed by atoms with van der Waals surface area (Å²) in [6.45, 7) is 0. The molecule has 1 aromatic heterocycles. The van der Waals surface area contributed by atoms with Gasteiger partial charge in [0.15, 0.2) is 0 Å². The molecule has 1 aliphatic rings. The summed E-state index contributed by atoms with van der Waals surface area (Å²) in [6, 6.07) is 5.95. The Morgan fingerprint density at radius 3 is 2.71 bits per heavy atom. The second kappa shape index (κ2) is 4.47. The van der Waals surface area contributed by atoms with Crippen LogP contribution in [0.1, 0.15) is 30.0 Å². The zero-order valence-corrected chi connectivity index (χ0v) is 8.76. The summed E-state index contributed by atoms with van der Waals surface area (Å²) >= 11 is 2.02. The average molecular weight is 204 g/mol. The molecule has 0 amide bonds. The van der Waals surface area contributed by atoms with E-state index >= 15 is 0 Å². The minimum atomic E-state index is 0.615. The molecule has 0 aliphatic carbocycles. The van der Waals surface area contributed by atoms with E-state index in [2.05, 4.69) is 11.1 Å². The molecule has 1 saturated heterocycles. The third-order valence-corrected chi connectivity index (χ3v) is 3.60. The van der Waals surface area contributed by atoms with Crippen molar-refractivity contribution in [3.8, 4) is 6.07 Å². The van der Waals surface area contributed by atoms with Crippen LogP contribution in [-0.4, -0.2) is 16.5 Å². The van der Waals surface area contributed by atoms with Crippen molar-refractivity contribution in [1.82, 2.24) is 4.98 Å². The van der Waals surface area contributed by atoms with Gasteiger partial charge in [0, 0.05) is 17.8 Å². The van der Waals surface area contributed by atoms with E-state index in [-0.39, 0.29) is 0 Å². The number of hydrogen-bond donors (Lipinski definition) is 0. The summed E-state index contributed by atoms with van der Waals surface area (Å²) < 4.78 is 0. The van der Waals surface area contributed by atoms with Crippen LogP contribution >= 0.6 is 11.8 Å². The van der Waals surface area contributed by atoms with Crippen LogP contribution in [0.3, 0.4) is 0 Å². The molecule has 1 aromatic rings. The standard InChI is InChI=1S/C11H12N2S/c12-7-9-1-2-11(13-8-9)10-3-5-14-6-4-10/h1-2,8,10H,3-6H2. The van der Waals surface area contributed by atoms with Crippen LogP contribution in [0.4, 0.5) is 0 Å². The van der Waals surface area contributed by atoms with Gasteiger partial charge in [0.1, 0.15) is 6.07 Å². The second-order valence-electron chi connectivity index (χ2n) is 3.47. The number of hydrogen-bond acceptors (Lipinski definition) is 3. The fourth-order valence-electron chi connectivity index (χ4n) is 1.71. The largest absolute Gasteiger partial charge is 0.260 e. The van der Waals surface area contributed by atoms with Crippen LogP contribution in [0.25, 0.3) is 0 Å². The van der Waals surface area contributed by atoms with Crippen molar-refractivity contribution < 1.29 is 0 Å². The Morgan fingerprint density at radius 1 is 1.36 bits per heavy atom. The smallest absolute Gasteiger partial charge is 0.101 e. The molecular weight excluding hydrogens is 192 g/mol. The van der Waals surface area contributed by atoms with Crippen LogP contribution < -0.4 is 0 Å². The lowest BCUT2D eigenvalue weighted by Gasteiger charge is -2.20. The van der Waals surface area contributed by atoms with E-state index in [0.29, 0.717) is 11.5 Å². The topological polar surface area (TPSA) is 36.7 Å². The number of thioether (sulfide) groups is 1. The summed E-state index contributed by atoms with van der Waals surface area (Å²) in [6.07, 6.45) is 4.13. The molecule has 2 rings (SSSR count). The Labute approximate surface area is 88.4 Å². The molecule has 1 fully saturated rings. The minimum absolute atomic E-state index is 0.615. The predicted molar refractivity (Wildman–Crippen MR) is 58.3 cm³/mol. The Balaban J connectivity index is 2.12. The van der Waals surface area contributed by atoms with E-state index < -0.39 is 0 Å². The molecule has 2 heterocycles. The number of nitriles is 1. The molecule has 3 heteroatoms. The van der Waals surface area contributed by atoms with Crippen LogP contribution in [0.2, 0.25) is 0 Å². The Kier molecular flexibility index (Phi) is 3.05. The zero-order valence-electron chi connectivity index (χ0n) is 7.94. The van der Waals surface area contributed by atoms with Crippen molar-refractivity contribution in [3.05, 3.63) is 29.6 Å². The number of nitrogens with zero attached hydrogens (tertiary/aromatic N) is 2. The molecule has 0 bridgehead atoms. The highest BCUT2D eigenvalue weighted by Crippen LogP contribution is 2.30. The van der Waals surface area contributed by atoms with Gasteiger partial charge >= 0.3 is 0 Å². The highest BCUT2D eigenvalue weighted by molar-refractivity contribution is 7.99. The normalized spacial score (nSPS) is 17.6. The highest BCUT2D eigenvalue weighted by atomic mass is 32.2. The Hall–Kier alpha value is -1.01. The van der Waals surface area contributed by atoms with E-state index in [0.717, 1.165) is 5.69 Å². The molecule has 2 nitrogen and oxygen atoms in total. The fraction of sp³-hybridized carbons (Fsp3) is 0.455. The summed E-state index contributed by atoms with van der Waals surface area (Å²) in [7, 11) is 0. The molecule has 0 N–H and O–H groups in total. The number of rotatable bonds is 1. The maximum absolute atomic E-state index is 8.65. The molecule has 14 heavy (non-hydrogen) atoms. The molecule has 72 valence electrons. The first-order valence-electron chi connectivity index (χ1n) is 4.84. The van der Waals surface area contributed by atoms with Crippen molar-refractivity contribution in [3.63, 3.8) is 0 Å². The van der Waals surface area contributed by atoms with Gasteiger partial charge in [-0.2, -0.15) is 17.0 Å². The quantitative estimate of drug-likeness (QED) is 0.705. The van der Waals surface area contributed by atoms with E-state index in [1.165, 1.54) is 24.3 Å². The minimum Gasteiger partial charge on any atom is -0.260 e. The van der Waals surface area contributed by atoms with Gasteiger partial charge in [-0.25, -0.2) is 0 Å². The molecule has 0 saturated carbocycles. The number of pyridine rings is 1. The Morgan fingerprint density at radius 2 is 2.14 bits per heavy atom. The first-order chi connectivity index (χ1) is 6.90. The average Bonchev–Trinajstić information content (AvgIpc) is 2.30. The SMILES string of the molecule is N#Cc1ccc(C2CCSCC2)nc1. The second-order valence-corrected chi connectivity index (χ2v) is 4.69.